The molecule has 0 aromatic heterocycles. The van der Waals surface area contributed by atoms with E-state index in [4.69, 9.17) is 4.74 Å². The van der Waals surface area contributed by atoms with Gasteiger partial charge in [-0.2, -0.15) is 0 Å². The van der Waals surface area contributed by atoms with Gasteiger partial charge in [-0.15, -0.1) is 0 Å². The van der Waals surface area contributed by atoms with Crippen molar-refractivity contribution in [3.63, 3.8) is 0 Å². The van der Waals surface area contributed by atoms with Gasteiger partial charge in [0.15, 0.2) is 5.78 Å². The maximum Gasteiger partial charge on any atom is 0.156 e. The van der Waals surface area contributed by atoms with E-state index in [-0.39, 0.29) is 5.78 Å². The Morgan fingerprint density at radius 2 is 2.44 bits per heavy atom. The molecule has 2 heteroatoms. The number of allylic oxidation sites excluding steroid dienone is 1. The van der Waals surface area contributed by atoms with Gasteiger partial charge in [-0.3, -0.25) is 4.79 Å². The highest BCUT2D eigenvalue weighted by Crippen LogP contribution is 2.13. The van der Waals surface area contributed by atoms with E-state index in [0.29, 0.717) is 13.0 Å². The van der Waals surface area contributed by atoms with E-state index in [1.807, 2.05) is 0 Å². The van der Waals surface area contributed by atoms with Crippen molar-refractivity contribution in [3.8, 4) is 0 Å². The van der Waals surface area contributed by atoms with Crippen LogP contribution in [-0.2, 0) is 9.53 Å². The molecule has 0 heterocycles. The number of ketones is 1. The number of carbonyl (C=O) groups excluding carboxylic acids is 1. The third-order valence-electron chi connectivity index (χ3n) is 1.39. The van der Waals surface area contributed by atoms with Gasteiger partial charge in [-0.1, -0.05) is 0 Å². The van der Waals surface area contributed by atoms with Crippen LogP contribution in [0, 0.1) is 0 Å². The average molecular weight is 126 g/mol. The standard InChI is InChI=1S/C7H10O2/c1-9-5-6-2-3-7(8)4-6/h4H,2-3,5H2,1H3. The smallest absolute Gasteiger partial charge is 0.156 e. The number of methoxy groups -OCH3 is 1. The molecule has 0 atom stereocenters. The first-order valence-electron chi connectivity index (χ1n) is 3.04. The summed E-state index contributed by atoms with van der Waals surface area (Å²) in [4.78, 5) is 10.6. The van der Waals surface area contributed by atoms with Crippen molar-refractivity contribution in [1.29, 1.82) is 0 Å². The first-order chi connectivity index (χ1) is 4.33. The molecular weight excluding hydrogens is 116 g/mol. The predicted octanol–water partition coefficient (Wildman–Crippen LogP) is 0.922. The Bertz CT molecular complexity index is 147. The minimum atomic E-state index is 0.238. The van der Waals surface area contributed by atoms with E-state index in [9.17, 15) is 4.79 Å². The zero-order valence-corrected chi connectivity index (χ0v) is 5.52. The van der Waals surface area contributed by atoms with Crippen molar-refractivity contribution < 1.29 is 9.53 Å². The van der Waals surface area contributed by atoms with Gasteiger partial charge in [0.1, 0.15) is 0 Å². The number of carbonyl (C=O) groups is 1. The van der Waals surface area contributed by atoms with Crippen LogP contribution in [0.15, 0.2) is 11.6 Å². The molecule has 0 unspecified atom stereocenters. The molecule has 0 spiro atoms. The summed E-state index contributed by atoms with van der Waals surface area (Å²) < 4.78 is 4.85. The summed E-state index contributed by atoms with van der Waals surface area (Å²) >= 11 is 0. The predicted molar refractivity (Wildman–Crippen MR) is 34.2 cm³/mol. The summed E-state index contributed by atoms with van der Waals surface area (Å²) in [5.41, 5.74) is 1.13. The summed E-state index contributed by atoms with van der Waals surface area (Å²) in [5, 5.41) is 0. The minimum absolute atomic E-state index is 0.238. The quantitative estimate of drug-likeness (QED) is 0.550. The Hall–Kier alpha value is -0.630. The Balaban J connectivity index is 2.42. The Kier molecular flexibility index (Phi) is 2.01. The van der Waals surface area contributed by atoms with E-state index in [0.717, 1.165) is 12.0 Å². The minimum Gasteiger partial charge on any atom is -0.380 e. The number of ether oxygens (including phenoxy) is 1. The normalized spacial score (nSPS) is 18.3. The lowest BCUT2D eigenvalue weighted by Crippen LogP contribution is -1.89. The van der Waals surface area contributed by atoms with Crippen molar-refractivity contribution in [2.24, 2.45) is 0 Å². The molecule has 0 saturated heterocycles. The third-order valence-corrected chi connectivity index (χ3v) is 1.39. The molecule has 0 fully saturated rings. The van der Waals surface area contributed by atoms with Crippen LogP contribution < -0.4 is 0 Å². The van der Waals surface area contributed by atoms with E-state index >= 15 is 0 Å². The van der Waals surface area contributed by atoms with Crippen LogP contribution in [0.3, 0.4) is 0 Å². The third kappa shape index (κ3) is 1.64. The molecule has 0 bridgehead atoms. The summed E-state index contributed by atoms with van der Waals surface area (Å²) in [6.07, 6.45) is 3.26. The van der Waals surface area contributed by atoms with Gasteiger partial charge >= 0.3 is 0 Å². The van der Waals surface area contributed by atoms with Crippen LogP contribution >= 0.6 is 0 Å². The maximum atomic E-state index is 10.6. The number of rotatable bonds is 2. The summed E-state index contributed by atoms with van der Waals surface area (Å²) in [5.74, 6) is 0.238. The second kappa shape index (κ2) is 2.78. The average Bonchev–Trinajstić information content (AvgIpc) is 2.17. The van der Waals surface area contributed by atoms with Crippen LogP contribution in [0.25, 0.3) is 0 Å². The molecule has 1 aliphatic carbocycles. The fourth-order valence-electron chi connectivity index (χ4n) is 0.955. The summed E-state index contributed by atoms with van der Waals surface area (Å²) in [6.45, 7) is 0.617. The number of hydrogen-bond donors (Lipinski definition) is 0. The van der Waals surface area contributed by atoms with Gasteiger partial charge in [0.05, 0.1) is 6.61 Å². The molecule has 1 aliphatic rings. The lowest BCUT2D eigenvalue weighted by molar-refractivity contribution is -0.114. The number of hydrogen-bond acceptors (Lipinski definition) is 2. The van der Waals surface area contributed by atoms with Crippen molar-refractivity contribution in [3.05, 3.63) is 11.6 Å². The molecule has 0 radical (unpaired) electrons. The van der Waals surface area contributed by atoms with Crippen LogP contribution in [-0.4, -0.2) is 19.5 Å². The zero-order valence-electron chi connectivity index (χ0n) is 5.52. The maximum absolute atomic E-state index is 10.6. The largest absolute Gasteiger partial charge is 0.380 e. The lowest BCUT2D eigenvalue weighted by atomic mass is 10.2. The van der Waals surface area contributed by atoms with Crippen molar-refractivity contribution in [1.82, 2.24) is 0 Å². The van der Waals surface area contributed by atoms with Gasteiger partial charge in [0.25, 0.3) is 0 Å². The highest BCUT2D eigenvalue weighted by Gasteiger charge is 2.10. The summed E-state index contributed by atoms with van der Waals surface area (Å²) in [7, 11) is 1.64. The molecule has 0 N–H and O–H groups in total. The Morgan fingerprint density at radius 1 is 1.67 bits per heavy atom. The molecule has 0 aromatic carbocycles. The zero-order chi connectivity index (χ0) is 6.69. The van der Waals surface area contributed by atoms with Crippen LogP contribution in [0.4, 0.5) is 0 Å². The molecule has 0 aromatic rings. The Labute approximate surface area is 54.5 Å². The van der Waals surface area contributed by atoms with Crippen molar-refractivity contribution in [2.75, 3.05) is 13.7 Å². The molecular formula is C7H10O2. The molecule has 0 saturated carbocycles. The monoisotopic (exact) mass is 126 g/mol. The highest BCUT2D eigenvalue weighted by atomic mass is 16.5. The van der Waals surface area contributed by atoms with Crippen molar-refractivity contribution in [2.45, 2.75) is 12.8 Å². The van der Waals surface area contributed by atoms with Crippen LogP contribution in [0.2, 0.25) is 0 Å². The second-order valence-corrected chi connectivity index (χ2v) is 2.20. The fraction of sp³-hybridized carbons (Fsp3) is 0.571. The van der Waals surface area contributed by atoms with E-state index in [1.165, 1.54) is 0 Å². The highest BCUT2D eigenvalue weighted by molar-refractivity contribution is 5.92. The van der Waals surface area contributed by atoms with Gasteiger partial charge in [-0.05, 0) is 18.1 Å². The van der Waals surface area contributed by atoms with Gasteiger partial charge in [0, 0.05) is 13.5 Å². The first kappa shape index (κ1) is 6.49. The second-order valence-electron chi connectivity index (χ2n) is 2.20. The molecule has 0 aliphatic heterocycles. The molecule has 0 amide bonds. The molecule has 50 valence electrons. The fourth-order valence-corrected chi connectivity index (χ4v) is 0.955. The first-order valence-corrected chi connectivity index (χ1v) is 3.04. The SMILES string of the molecule is COCC1=CC(=O)CC1. The topological polar surface area (TPSA) is 26.3 Å². The van der Waals surface area contributed by atoms with Crippen molar-refractivity contribution >= 4 is 5.78 Å². The van der Waals surface area contributed by atoms with Gasteiger partial charge in [-0.25, -0.2) is 0 Å². The van der Waals surface area contributed by atoms with Crippen LogP contribution in [0.5, 0.6) is 0 Å². The van der Waals surface area contributed by atoms with E-state index in [2.05, 4.69) is 0 Å². The van der Waals surface area contributed by atoms with E-state index in [1.54, 1.807) is 13.2 Å². The van der Waals surface area contributed by atoms with Gasteiger partial charge in [0.2, 0.25) is 0 Å². The van der Waals surface area contributed by atoms with Crippen LogP contribution in [0.1, 0.15) is 12.8 Å². The Morgan fingerprint density at radius 3 is 2.89 bits per heavy atom. The molecule has 1 rings (SSSR count). The molecule has 2 nitrogen and oxygen atoms in total. The molecule has 9 heavy (non-hydrogen) atoms. The summed E-state index contributed by atoms with van der Waals surface area (Å²) in [6, 6.07) is 0. The van der Waals surface area contributed by atoms with Gasteiger partial charge < -0.3 is 4.74 Å². The van der Waals surface area contributed by atoms with E-state index < -0.39 is 0 Å². The lowest BCUT2D eigenvalue weighted by Gasteiger charge is -1.94.